The minimum Gasteiger partial charge on any atom is -0.748 e. The Hall–Kier alpha value is -1.03. The summed E-state index contributed by atoms with van der Waals surface area (Å²) in [5.41, 5.74) is 0. The van der Waals surface area contributed by atoms with E-state index in [2.05, 4.69) is 21.0 Å². The summed E-state index contributed by atoms with van der Waals surface area (Å²) >= 11 is 0. The van der Waals surface area contributed by atoms with Gasteiger partial charge in [-0.25, -0.2) is 8.42 Å². The molecular weight excluding hydrogens is 360 g/mol. The van der Waals surface area contributed by atoms with E-state index < -0.39 is 10.1 Å². The first-order chi connectivity index (χ1) is 11.9. The van der Waals surface area contributed by atoms with Crippen molar-refractivity contribution in [1.29, 1.82) is 0 Å². The van der Waals surface area contributed by atoms with Gasteiger partial charge < -0.3 is 13.8 Å². The molecule has 3 heterocycles. The molecule has 3 fully saturated rings. The first kappa shape index (κ1) is 21.3. The van der Waals surface area contributed by atoms with Crippen LogP contribution in [-0.4, -0.2) is 86.4 Å². The summed E-state index contributed by atoms with van der Waals surface area (Å²) in [7, 11) is 0.433. The number of imide groups is 1. The molecule has 0 spiro atoms. The fourth-order valence-electron chi connectivity index (χ4n) is 4.06. The first-order valence-electron chi connectivity index (χ1n) is 9.18. The molecule has 0 aromatic heterocycles. The van der Waals surface area contributed by atoms with E-state index in [1.807, 2.05) is 0 Å². The van der Waals surface area contributed by atoms with Crippen LogP contribution in [0.2, 0.25) is 0 Å². The van der Waals surface area contributed by atoms with Crippen molar-refractivity contribution in [3.63, 3.8) is 0 Å². The lowest BCUT2D eigenvalue weighted by Crippen LogP contribution is -2.47. The molecule has 4 atom stereocenters. The van der Waals surface area contributed by atoms with Gasteiger partial charge >= 0.3 is 0 Å². The zero-order valence-corrected chi connectivity index (χ0v) is 16.8. The Kier molecular flexibility index (Phi) is 6.48. The highest BCUT2D eigenvalue weighted by molar-refractivity contribution is 7.84. The second-order valence-corrected chi connectivity index (χ2v) is 9.52. The molecule has 3 aliphatic rings. The van der Waals surface area contributed by atoms with Crippen molar-refractivity contribution in [3.8, 4) is 0 Å². The molecule has 150 valence electrons. The lowest BCUT2D eigenvalue weighted by Gasteiger charge is -2.31. The molecule has 3 rings (SSSR count). The average Bonchev–Trinajstić information content (AvgIpc) is 3.17. The second kappa shape index (κ2) is 7.92. The lowest BCUT2D eigenvalue weighted by molar-refractivity contribution is -0.889. The molecule has 2 amide bonds. The predicted octanol–water partition coefficient (Wildman–Crippen LogP) is 0.187. The van der Waals surface area contributed by atoms with Crippen molar-refractivity contribution < 1.29 is 31.8 Å². The number of carbonyl (C=O) groups excluding carboxylic acids is 2. The molecule has 2 bridgehead atoms. The third-order valence-corrected chi connectivity index (χ3v) is 5.42. The van der Waals surface area contributed by atoms with Gasteiger partial charge in [0.25, 0.3) is 0 Å². The van der Waals surface area contributed by atoms with Gasteiger partial charge in [-0.15, -0.1) is 0 Å². The Morgan fingerprint density at radius 2 is 1.58 bits per heavy atom. The standard InChI is InChI=1S/C16H27N2O3.CH4O3S/c1-4-5-9-18(2,3)10-8-17-15(19)13-11-6-7-12(21-11)14(13)16(17)20;1-5(2,3)4/h11-14H,4-10H2,1-3H3;1H3,(H,2,3,4)/q+1;/p-1/t11-,12+,13-,14+;. The third-order valence-electron chi connectivity index (χ3n) is 5.42. The number of likely N-dealkylation sites (tertiary alicyclic amines) is 1. The second-order valence-electron chi connectivity index (χ2n) is 8.11. The number of amides is 2. The highest BCUT2D eigenvalue weighted by Gasteiger charge is 2.62. The first-order valence-corrected chi connectivity index (χ1v) is 11.0. The predicted molar refractivity (Wildman–Crippen MR) is 94.0 cm³/mol. The highest BCUT2D eigenvalue weighted by atomic mass is 32.2. The van der Waals surface area contributed by atoms with Crippen LogP contribution in [0.1, 0.15) is 32.6 Å². The SMILES string of the molecule is CCCC[N+](C)(C)CCN1C(=O)[C@@H]2[C@H](C1=O)[C@H]1CC[C@@H]2O1.CS(=O)(=O)[O-]. The minimum atomic E-state index is -3.92. The number of ether oxygens (including phenoxy) is 1. The van der Waals surface area contributed by atoms with Gasteiger partial charge in [-0.05, 0) is 19.3 Å². The van der Waals surface area contributed by atoms with Gasteiger partial charge in [0.15, 0.2) is 0 Å². The van der Waals surface area contributed by atoms with Crippen LogP contribution >= 0.6 is 0 Å². The number of carbonyl (C=O) groups is 2. The molecular formula is C17H30N2O6S. The molecule has 0 aromatic rings. The third kappa shape index (κ3) is 5.03. The average molecular weight is 391 g/mol. The molecule has 26 heavy (non-hydrogen) atoms. The Balaban J connectivity index is 0.000000431. The number of hydrogen-bond donors (Lipinski definition) is 0. The van der Waals surface area contributed by atoms with Gasteiger partial charge in [0.05, 0.1) is 67.9 Å². The van der Waals surface area contributed by atoms with Crippen LogP contribution in [0.15, 0.2) is 0 Å². The molecule has 3 aliphatic heterocycles. The molecule has 9 heteroatoms. The van der Waals surface area contributed by atoms with Crippen LogP contribution in [0.4, 0.5) is 0 Å². The maximum absolute atomic E-state index is 12.5. The van der Waals surface area contributed by atoms with Crippen molar-refractivity contribution >= 4 is 21.9 Å². The van der Waals surface area contributed by atoms with Gasteiger partial charge in [-0.3, -0.25) is 14.5 Å². The smallest absolute Gasteiger partial charge is 0.236 e. The van der Waals surface area contributed by atoms with Gasteiger partial charge in [-0.2, -0.15) is 0 Å². The maximum Gasteiger partial charge on any atom is 0.236 e. The van der Waals surface area contributed by atoms with E-state index >= 15 is 0 Å². The van der Waals surface area contributed by atoms with Gasteiger partial charge in [0.1, 0.15) is 0 Å². The normalized spacial score (nSPS) is 30.4. The summed E-state index contributed by atoms with van der Waals surface area (Å²) < 4.78 is 33.8. The molecule has 8 nitrogen and oxygen atoms in total. The van der Waals surface area contributed by atoms with Crippen LogP contribution < -0.4 is 0 Å². The number of rotatable bonds is 6. The zero-order valence-electron chi connectivity index (χ0n) is 16.0. The topological polar surface area (TPSA) is 104 Å². The van der Waals surface area contributed by atoms with Crippen molar-refractivity contribution in [2.24, 2.45) is 11.8 Å². The quantitative estimate of drug-likeness (QED) is 0.364. The van der Waals surface area contributed by atoms with E-state index in [9.17, 15) is 9.59 Å². The van der Waals surface area contributed by atoms with Crippen LogP contribution in [-0.2, 0) is 24.4 Å². The van der Waals surface area contributed by atoms with Crippen LogP contribution in [0.5, 0.6) is 0 Å². The van der Waals surface area contributed by atoms with Crippen LogP contribution in [0, 0.1) is 11.8 Å². The van der Waals surface area contributed by atoms with E-state index in [1.54, 1.807) is 0 Å². The maximum atomic E-state index is 12.5. The summed E-state index contributed by atoms with van der Waals surface area (Å²) in [5, 5.41) is 0. The minimum absolute atomic E-state index is 0.00374. The molecule has 0 saturated carbocycles. The Morgan fingerprint density at radius 1 is 1.12 bits per heavy atom. The summed E-state index contributed by atoms with van der Waals surface area (Å²) in [4.78, 5) is 26.6. The fourth-order valence-corrected chi connectivity index (χ4v) is 4.06. The largest absolute Gasteiger partial charge is 0.748 e. The number of fused-ring (bicyclic) bond motifs is 5. The van der Waals surface area contributed by atoms with E-state index in [-0.39, 0.29) is 35.9 Å². The Labute approximate surface area is 155 Å². The van der Waals surface area contributed by atoms with E-state index in [0.29, 0.717) is 12.8 Å². The van der Waals surface area contributed by atoms with Gasteiger partial charge in [0.2, 0.25) is 11.8 Å². The van der Waals surface area contributed by atoms with Crippen molar-refractivity contribution in [1.82, 2.24) is 4.90 Å². The van der Waals surface area contributed by atoms with E-state index in [1.165, 1.54) is 17.7 Å². The molecule has 3 saturated heterocycles. The number of nitrogens with zero attached hydrogens (tertiary/aromatic N) is 2. The number of likely N-dealkylation sites (N-methyl/N-ethyl adjacent to an activating group) is 1. The molecule has 0 aromatic carbocycles. The number of unbranched alkanes of at least 4 members (excludes halogenated alkanes) is 1. The summed E-state index contributed by atoms with van der Waals surface area (Å²) in [6.07, 6.45) is 4.85. The molecule has 0 radical (unpaired) electrons. The highest BCUT2D eigenvalue weighted by Crippen LogP contribution is 2.48. The van der Waals surface area contributed by atoms with Crippen LogP contribution in [0.3, 0.4) is 0 Å². The molecule has 0 N–H and O–H groups in total. The fraction of sp³-hybridized carbons (Fsp3) is 0.882. The van der Waals surface area contributed by atoms with Crippen molar-refractivity contribution in [3.05, 3.63) is 0 Å². The number of quaternary nitrogens is 1. The Bertz CT molecular complexity index is 612. The summed E-state index contributed by atoms with van der Waals surface area (Å²) in [5.74, 6) is -0.314. The monoisotopic (exact) mass is 390 g/mol. The number of hydrogen-bond acceptors (Lipinski definition) is 6. The van der Waals surface area contributed by atoms with E-state index in [0.717, 1.165) is 30.4 Å². The van der Waals surface area contributed by atoms with Crippen LogP contribution in [0.25, 0.3) is 0 Å². The lowest BCUT2D eigenvalue weighted by atomic mass is 9.81. The van der Waals surface area contributed by atoms with Gasteiger partial charge in [0, 0.05) is 6.26 Å². The van der Waals surface area contributed by atoms with Gasteiger partial charge in [-0.1, -0.05) is 13.3 Å². The summed E-state index contributed by atoms with van der Waals surface area (Å²) in [6, 6.07) is 0. The van der Waals surface area contributed by atoms with Crippen molar-refractivity contribution in [2.45, 2.75) is 44.8 Å². The Morgan fingerprint density at radius 3 is 2.00 bits per heavy atom. The van der Waals surface area contributed by atoms with E-state index in [4.69, 9.17) is 17.7 Å². The summed E-state index contributed by atoms with van der Waals surface area (Å²) in [6.45, 7) is 4.67. The van der Waals surface area contributed by atoms with Crippen molar-refractivity contribution in [2.75, 3.05) is 40.0 Å². The molecule has 0 aliphatic carbocycles. The molecule has 0 unspecified atom stereocenters. The zero-order chi connectivity index (χ0) is 19.7.